The number of carbonyl (C=O) groups excluding carboxylic acids is 1. The predicted molar refractivity (Wildman–Crippen MR) is 77.5 cm³/mol. The molecule has 0 aliphatic heterocycles. The Labute approximate surface area is 116 Å². The fraction of sp³-hybridized carbons (Fsp3) is 0.200. The molecule has 2 heterocycles. The molecule has 0 fully saturated rings. The molecular formula is C15H16N4O. The average Bonchev–Trinajstić information content (AvgIpc) is 3.13. The predicted octanol–water partition coefficient (Wildman–Crippen LogP) is 2.18. The zero-order chi connectivity index (χ0) is 13.8. The Balaban J connectivity index is 1.53. The summed E-state index contributed by atoms with van der Waals surface area (Å²) < 4.78 is 2.00. The van der Waals surface area contributed by atoms with E-state index in [1.807, 2.05) is 41.2 Å². The van der Waals surface area contributed by atoms with Crippen LogP contribution in [0.25, 0.3) is 10.9 Å². The molecule has 1 aromatic carbocycles. The van der Waals surface area contributed by atoms with Gasteiger partial charge < -0.3 is 14.9 Å². The van der Waals surface area contributed by atoms with Gasteiger partial charge in [0, 0.05) is 42.8 Å². The number of aromatic amines is 1. The average molecular weight is 268 g/mol. The largest absolute Gasteiger partial charge is 0.361 e. The summed E-state index contributed by atoms with van der Waals surface area (Å²) in [5, 5.41) is 4.04. The molecule has 0 saturated carbocycles. The second-order valence-corrected chi connectivity index (χ2v) is 4.69. The molecule has 0 radical (unpaired) electrons. The monoisotopic (exact) mass is 268 g/mol. The first-order valence-electron chi connectivity index (χ1n) is 6.64. The molecule has 0 spiro atoms. The number of carbonyl (C=O) groups is 1. The highest BCUT2D eigenvalue weighted by Crippen LogP contribution is 2.13. The lowest BCUT2D eigenvalue weighted by atomic mass is 10.1. The van der Waals surface area contributed by atoms with Gasteiger partial charge in [-0.05, 0) is 30.0 Å². The van der Waals surface area contributed by atoms with Crippen LogP contribution in [-0.2, 0) is 6.54 Å². The molecule has 20 heavy (non-hydrogen) atoms. The number of nitrogens with one attached hydrogen (secondary N) is 2. The number of hydrogen-bond donors (Lipinski definition) is 2. The van der Waals surface area contributed by atoms with Gasteiger partial charge in [0.1, 0.15) is 0 Å². The number of nitrogens with zero attached hydrogens (tertiary/aromatic N) is 2. The molecule has 0 bridgehead atoms. The van der Waals surface area contributed by atoms with Crippen LogP contribution in [-0.4, -0.2) is 27.0 Å². The van der Waals surface area contributed by atoms with Crippen molar-refractivity contribution in [2.75, 3.05) is 6.54 Å². The maximum Gasteiger partial charge on any atom is 0.251 e. The fourth-order valence-corrected chi connectivity index (χ4v) is 2.17. The summed E-state index contributed by atoms with van der Waals surface area (Å²) in [5.41, 5.74) is 1.67. The molecule has 102 valence electrons. The molecule has 2 N–H and O–H groups in total. The van der Waals surface area contributed by atoms with Crippen molar-refractivity contribution in [2.24, 2.45) is 0 Å². The number of amides is 1. The van der Waals surface area contributed by atoms with Gasteiger partial charge in [0.05, 0.1) is 6.33 Å². The van der Waals surface area contributed by atoms with Gasteiger partial charge in [0.25, 0.3) is 5.91 Å². The van der Waals surface area contributed by atoms with E-state index in [1.165, 1.54) is 0 Å². The second kappa shape index (κ2) is 5.61. The SMILES string of the molecule is O=C(NCCCn1ccnc1)c1ccc2cc[nH]c2c1. The highest BCUT2D eigenvalue weighted by Gasteiger charge is 2.05. The van der Waals surface area contributed by atoms with E-state index in [-0.39, 0.29) is 5.91 Å². The third-order valence-electron chi connectivity index (χ3n) is 3.26. The number of benzene rings is 1. The van der Waals surface area contributed by atoms with Crippen molar-refractivity contribution in [3.8, 4) is 0 Å². The minimum Gasteiger partial charge on any atom is -0.361 e. The first-order chi connectivity index (χ1) is 9.83. The van der Waals surface area contributed by atoms with Crippen LogP contribution in [0.2, 0.25) is 0 Å². The Morgan fingerprint density at radius 1 is 1.35 bits per heavy atom. The highest BCUT2D eigenvalue weighted by atomic mass is 16.1. The Hall–Kier alpha value is -2.56. The van der Waals surface area contributed by atoms with Gasteiger partial charge in [-0.1, -0.05) is 6.07 Å². The second-order valence-electron chi connectivity index (χ2n) is 4.69. The van der Waals surface area contributed by atoms with Crippen LogP contribution in [0, 0.1) is 0 Å². The molecule has 0 aliphatic carbocycles. The molecule has 0 saturated heterocycles. The van der Waals surface area contributed by atoms with Crippen LogP contribution in [0.4, 0.5) is 0 Å². The molecule has 1 amide bonds. The third kappa shape index (κ3) is 2.71. The van der Waals surface area contributed by atoms with Gasteiger partial charge in [-0.2, -0.15) is 0 Å². The van der Waals surface area contributed by atoms with Gasteiger partial charge in [0.15, 0.2) is 0 Å². The lowest BCUT2D eigenvalue weighted by Crippen LogP contribution is -2.25. The van der Waals surface area contributed by atoms with Crippen molar-refractivity contribution in [3.63, 3.8) is 0 Å². The Kier molecular flexibility index (Phi) is 3.50. The zero-order valence-corrected chi connectivity index (χ0v) is 11.0. The molecule has 0 aliphatic rings. The molecule has 0 unspecified atom stereocenters. The van der Waals surface area contributed by atoms with E-state index >= 15 is 0 Å². The molecule has 5 heteroatoms. The van der Waals surface area contributed by atoms with Crippen LogP contribution in [0.5, 0.6) is 0 Å². The summed E-state index contributed by atoms with van der Waals surface area (Å²) in [6.45, 7) is 1.51. The van der Waals surface area contributed by atoms with Crippen molar-refractivity contribution in [1.82, 2.24) is 19.9 Å². The Morgan fingerprint density at radius 2 is 2.30 bits per heavy atom. The summed E-state index contributed by atoms with van der Waals surface area (Å²) in [7, 11) is 0. The van der Waals surface area contributed by atoms with E-state index in [2.05, 4.69) is 15.3 Å². The van der Waals surface area contributed by atoms with E-state index in [1.54, 1.807) is 12.5 Å². The number of imidazole rings is 1. The van der Waals surface area contributed by atoms with Crippen LogP contribution in [0.3, 0.4) is 0 Å². The normalized spacial score (nSPS) is 10.8. The molecule has 5 nitrogen and oxygen atoms in total. The van der Waals surface area contributed by atoms with Gasteiger partial charge in [0.2, 0.25) is 0 Å². The van der Waals surface area contributed by atoms with E-state index < -0.39 is 0 Å². The number of aryl methyl sites for hydroxylation is 1. The molecular weight excluding hydrogens is 252 g/mol. The third-order valence-corrected chi connectivity index (χ3v) is 3.26. The van der Waals surface area contributed by atoms with Gasteiger partial charge >= 0.3 is 0 Å². The van der Waals surface area contributed by atoms with Crippen molar-refractivity contribution in [3.05, 3.63) is 54.7 Å². The Morgan fingerprint density at radius 3 is 3.15 bits per heavy atom. The van der Waals surface area contributed by atoms with Crippen molar-refractivity contribution >= 4 is 16.8 Å². The van der Waals surface area contributed by atoms with E-state index in [0.29, 0.717) is 12.1 Å². The maximum absolute atomic E-state index is 12.0. The van der Waals surface area contributed by atoms with E-state index in [4.69, 9.17) is 0 Å². The lowest BCUT2D eigenvalue weighted by Gasteiger charge is -2.06. The summed E-state index contributed by atoms with van der Waals surface area (Å²) in [4.78, 5) is 19.1. The van der Waals surface area contributed by atoms with Crippen LogP contribution < -0.4 is 5.32 Å². The van der Waals surface area contributed by atoms with Gasteiger partial charge in [-0.25, -0.2) is 4.98 Å². The van der Waals surface area contributed by atoms with Crippen molar-refractivity contribution < 1.29 is 4.79 Å². The number of rotatable bonds is 5. The van der Waals surface area contributed by atoms with Crippen molar-refractivity contribution in [1.29, 1.82) is 0 Å². The zero-order valence-electron chi connectivity index (χ0n) is 11.0. The quantitative estimate of drug-likeness (QED) is 0.697. The standard InChI is InChI=1S/C15H16N4O/c20-15(18-5-1-8-19-9-7-16-11-19)13-3-2-12-4-6-17-14(12)10-13/h2-4,6-7,9-11,17H,1,5,8H2,(H,18,20). The lowest BCUT2D eigenvalue weighted by molar-refractivity contribution is 0.0953. The molecule has 0 atom stereocenters. The molecule has 2 aromatic heterocycles. The number of H-pyrrole nitrogens is 1. The summed E-state index contributed by atoms with van der Waals surface area (Å²) in [6, 6.07) is 7.66. The Bertz CT molecular complexity index is 700. The van der Waals surface area contributed by atoms with Gasteiger partial charge in [-0.3, -0.25) is 4.79 Å². The highest BCUT2D eigenvalue weighted by molar-refractivity contribution is 5.97. The smallest absolute Gasteiger partial charge is 0.251 e. The summed E-state index contributed by atoms with van der Waals surface area (Å²) in [6.07, 6.45) is 8.20. The van der Waals surface area contributed by atoms with Crippen LogP contribution in [0.15, 0.2) is 49.2 Å². The van der Waals surface area contributed by atoms with Crippen LogP contribution in [0.1, 0.15) is 16.8 Å². The summed E-state index contributed by atoms with van der Waals surface area (Å²) in [5.74, 6) is -0.0351. The van der Waals surface area contributed by atoms with Crippen molar-refractivity contribution in [2.45, 2.75) is 13.0 Å². The maximum atomic E-state index is 12.0. The van der Waals surface area contributed by atoms with E-state index in [0.717, 1.165) is 23.9 Å². The van der Waals surface area contributed by atoms with Crippen LogP contribution >= 0.6 is 0 Å². The number of hydrogen-bond acceptors (Lipinski definition) is 2. The topological polar surface area (TPSA) is 62.7 Å². The minimum atomic E-state index is -0.0351. The number of aromatic nitrogens is 3. The fourth-order valence-electron chi connectivity index (χ4n) is 2.17. The summed E-state index contributed by atoms with van der Waals surface area (Å²) >= 11 is 0. The van der Waals surface area contributed by atoms with E-state index in [9.17, 15) is 4.79 Å². The van der Waals surface area contributed by atoms with Gasteiger partial charge in [-0.15, -0.1) is 0 Å². The minimum absolute atomic E-state index is 0.0351. The number of fused-ring (bicyclic) bond motifs is 1. The first kappa shape index (κ1) is 12.5. The first-order valence-corrected chi connectivity index (χ1v) is 6.64. The molecule has 3 rings (SSSR count). The molecule has 3 aromatic rings.